The molecule has 0 saturated heterocycles. The zero-order valence-electron chi connectivity index (χ0n) is 10.1. The molecular formula is C13H10FN3O3. The van der Waals surface area contributed by atoms with E-state index in [1.807, 2.05) is 0 Å². The quantitative estimate of drug-likeness (QED) is 0.740. The van der Waals surface area contributed by atoms with Gasteiger partial charge in [-0.25, -0.2) is 14.2 Å². The lowest BCUT2D eigenvalue weighted by Gasteiger charge is -2.06. The molecule has 6 nitrogen and oxygen atoms in total. The van der Waals surface area contributed by atoms with E-state index in [-0.39, 0.29) is 22.6 Å². The van der Waals surface area contributed by atoms with E-state index in [1.54, 1.807) is 0 Å². The summed E-state index contributed by atoms with van der Waals surface area (Å²) < 4.78 is 13.5. The van der Waals surface area contributed by atoms with Crippen LogP contribution < -0.4 is 11.1 Å². The van der Waals surface area contributed by atoms with E-state index in [1.165, 1.54) is 30.5 Å². The molecule has 0 bridgehead atoms. The second kappa shape index (κ2) is 5.35. The van der Waals surface area contributed by atoms with Crippen molar-refractivity contribution < 1.29 is 19.1 Å². The molecule has 20 heavy (non-hydrogen) atoms. The normalized spacial score (nSPS) is 10.1. The Bertz CT molecular complexity index is 671. The lowest BCUT2D eigenvalue weighted by Crippen LogP contribution is -2.14. The molecule has 1 aromatic heterocycles. The Balaban J connectivity index is 2.17. The van der Waals surface area contributed by atoms with E-state index >= 15 is 0 Å². The molecule has 2 rings (SSSR count). The first-order valence-corrected chi connectivity index (χ1v) is 5.53. The van der Waals surface area contributed by atoms with Crippen molar-refractivity contribution in [3.8, 4) is 0 Å². The smallest absolute Gasteiger partial charge is 0.354 e. The summed E-state index contributed by atoms with van der Waals surface area (Å²) in [5.74, 6) is -2.59. The Hall–Kier alpha value is -2.96. The summed E-state index contributed by atoms with van der Waals surface area (Å²) in [5, 5.41) is 11.1. The Morgan fingerprint density at radius 3 is 2.55 bits per heavy atom. The first-order chi connectivity index (χ1) is 9.47. The van der Waals surface area contributed by atoms with E-state index in [2.05, 4.69) is 10.3 Å². The van der Waals surface area contributed by atoms with E-state index < -0.39 is 17.7 Å². The number of halogens is 1. The monoisotopic (exact) mass is 275 g/mol. The van der Waals surface area contributed by atoms with Crippen molar-refractivity contribution in [1.29, 1.82) is 0 Å². The molecule has 4 N–H and O–H groups in total. The van der Waals surface area contributed by atoms with Crippen LogP contribution in [0.1, 0.15) is 20.8 Å². The molecule has 0 saturated carbocycles. The van der Waals surface area contributed by atoms with Crippen LogP contribution in [0.5, 0.6) is 0 Å². The number of rotatable bonds is 3. The van der Waals surface area contributed by atoms with Crippen LogP contribution in [0.2, 0.25) is 0 Å². The van der Waals surface area contributed by atoms with Crippen molar-refractivity contribution >= 4 is 23.3 Å². The third kappa shape index (κ3) is 2.89. The highest BCUT2D eigenvalue weighted by atomic mass is 19.1. The number of hydrogen-bond donors (Lipinski definition) is 3. The van der Waals surface area contributed by atoms with Crippen LogP contribution in [-0.4, -0.2) is 22.0 Å². The molecule has 2 aromatic rings. The number of nitrogen functional groups attached to an aromatic ring is 1. The second-order valence-corrected chi connectivity index (χ2v) is 3.93. The van der Waals surface area contributed by atoms with Crippen LogP contribution in [-0.2, 0) is 0 Å². The number of carbonyl (C=O) groups is 2. The first kappa shape index (κ1) is 13.5. The van der Waals surface area contributed by atoms with Crippen molar-refractivity contribution in [3.05, 3.63) is 53.6 Å². The Kier molecular flexibility index (Phi) is 3.60. The number of nitrogens with one attached hydrogen (secondary N) is 1. The van der Waals surface area contributed by atoms with Crippen LogP contribution in [0.3, 0.4) is 0 Å². The van der Waals surface area contributed by atoms with Gasteiger partial charge in [0.2, 0.25) is 0 Å². The van der Waals surface area contributed by atoms with Gasteiger partial charge in [0.05, 0.1) is 17.4 Å². The third-order valence-electron chi connectivity index (χ3n) is 2.48. The number of benzene rings is 1. The molecule has 1 aromatic carbocycles. The van der Waals surface area contributed by atoms with E-state index in [0.717, 1.165) is 6.07 Å². The van der Waals surface area contributed by atoms with Crippen LogP contribution in [0.25, 0.3) is 0 Å². The predicted octanol–water partition coefficient (Wildman–Crippen LogP) is 1.75. The van der Waals surface area contributed by atoms with Gasteiger partial charge in [-0.15, -0.1) is 0 Å². The Morgan fingerprint density at radius 2 is 2.00 bits per heavy atom. The standard InChI is InChI=1S/C13H10FN3O3/c14-10-5-7(15)1-3-9(10)12(18)17-8-2-4-11(13(19)20)16-6-8/h1-6H,15H2,(H,17,18)(H,19,20). The zero-order chi connectivity index (χ0) is 14.7. The first-order valence-electron chi connectivity index (χ1n) is 5.53. The maximum Gasteiger partial charge on any atom is 0.354 e. The molecule has 0 unspecified atom stereocenters. The summed E-state index contributed by atoms with van der Waals surface area (Å²) in [7, 11) is 0. The number of pyridine rings is 1. The fourth-order valence-corrected chi connectivity index (χ4v) is 1.51. The lowest BCUT2D eigenvalue weighted by atomic mass is 10.2. The third-order valence-corrected chi connectivity index (χ3v) is 2.48. The van der Waals surface area contributed by atoms with Gasteiger partial charge in [0, 0.05) is 5.69 Å². The van der Waals surface area contributed by atoms with Gasteiger partial charge >= 0.3 is 5.97 Å². The van der Waals surface area contributed by atoms with Crippen LogP contribution in [0, 0.1) is 5.82 Å². The van der Waals surface area contributed by atoms with E-state index in [0.29, 0.717) is 0 Å². The summed E-state index contributed by atoms with van der Waals surface area (Å²) in [6.45, 7) is 0. The van der Waals surface area contributed by atoms with E-state index in [9.17, 15) is 14.0 Å². The molecule has 0 aliphatic heterocycles. The van der Waals surface area contributed by atoms with Gasteiger partial charge < -0.3 is 16.2 Å². The highest BCUT2D eigenvalue weighted by Crippen LogP contribution is 2.14. The molecule has 0 fully saturated rings. The van der Waals surface area contributed by atoms with Gasteiger partial charge in [-0.1, -0.05) is 0 Å². The highest BCUT2D eigenvalue weighted by molar-refractivity contribution is 6.04. The maximum absolute atomic E-state index is 13.5. The lowest BCUT2D eigenvalue weighted by molar-refractivity contribution is 0.0690. The van der Waals surface area contributed by atoms with Crippen molar-refractivity contribution in [2.24, 2.45) is 0 Å². The number of carboxylic acids is 1. The summed E-state index contributed by atoms with van der Waals surface area (Å²) in [5.41, 5.74) is 5.55. The van der Waals surface area contributed by atoms with Crippen molar-refractivity contribution in [3.63, 3.8) is 0 Å². The minimum absolute atomic E-state index is 0.151. The number of carbonyl (C=O) groups excluding carboxylic acids is 1. The maximum atomic E-state index is 13.5. The molecule has 1 amide bonds. The molecule has 0 aliphatic rings. The summed E-state index contributed by atoms with van der Waals surface area (Å²) in [4.78, 5) is 26.1. The van der Waals surface area contributed by atoms with Gasteiger partial charge in [0.25, 0.3) is 5.91 Å². The number of hydrogen-bond acceptors (Lipinski definition) is 4. The van der Waals surface area contributed by atoms with Crippen LogP contribution >= 0.6 is 0 Å². The number of nitrogens with two attached hydrogens (primary N) is 1. The van der Waals surface area contributed by atoms with Gasteiger partial charge in [0.15, 0.2) is 0 Å². The number of aromatic nitrogens is 1. The SMILES string of the molecule is Nc1ccc(C(=O)Nc2ccc(C(=O)O)nc2)c(F)c1. The van der Waals surface area contributed by atoms with Gasteiger partial charge in [-0.2, -0.15) is 0 Å². The molecule has 0 atom stereocenters. The average molecular weight is 275 g/mol. The minimum atomic E-state index is -1.17. The molecule has 7 heteroatoms. The van der Waals surface area contributed by atoms with Crippen molar-refractivity contribution in [2.75, 3.05) is 11.1 Å². The van der Waals surface area contributed by atoms with Gasteiger partial charge in [-0.05, 0) is 30.3 Å². The number of anilines is 2. The number of nitrogens with zero attached hydrogens (tertiary/aromatic N) is 1. The predicted molar refractivity (Wildman–Crippen MR) is 70.0 cm³/mol. The molecule has 0 spiro atoms. The second-order valence-electron chi connectivity index (χ2n) is 3.93. The van der Waals surface area contributed by atoms with Crippen LogP contribution in [0.4, 0.5) is 15.8 Å². The minimum Gasteiger partial charge on any atom is -0.477 e. The van der Waals surface area contributed by atoms with Gasteiger partial charge in [0.1, 0.15) is 11.5 Å². The highest BCUT2D eigenvalue weighted by Gasteiger charge is 2.12. The molecular weight excluding hydrogens is 265 g/mol. The molecule has 0 aliphatic carbocycles. The summed E-state index contributed by atoms with van der Waals surface area (Å²) >= 11 is 0. The van der Waals surface area contributed by atoms with Gasteiger partial charge in [-0.3, -0.25) is 4.79 Å². The van der Waals surface area contributed by atoms with E-state index in [4.69, 9.17) is 10.8 Å². The number of aromatic carboxylic acids is 1. The van der Waals surface area contributed by atoms with Crippen LogP contribution in [0.15, 0.2) is 36.5 Å². The van der Waals surface area contributed by atoms with Crippen molar-refractivity contribution in [1.82, 2.24) is 4.98 Å². The average Bonchev–Trinajstić information content (AvgIpc) is 2.39. The number of carboxylic acid groups (broad SMARTS) is 1. The Labute approximate surface area is 113 Å². The fourth-order valence-electron chi connectivity index (χ4n) is 1.51. The fraction of sp³-hybridized carbons (Fsp3) is 0. The Morgan fingerprint density at radius 1 is 1.25 bits per heavy atom. The summed E-state index contributed by atoms with van der Waals surface area (Å²) in [6.07, 6.45) is 1.18. The van der Waals surface area contributed by atoms with Crippen molar-refractivity contribution in [2.45, 2.75) is 0 Å². The summed E-state index contributed by atoms with van der Waals surface area (Å²) in [6, 6.07) is 6.31. The topological polar surface area (TPSA) is 105 Å². The number of amides is 1. The zero-order valence-corrected chi connectivity index (χ0v) is 10.1. The molecule has 0 radical (unpaired) electrons. The molecule has 102 valence electrons. The molecule has 1 heterocycles. The largest absolute Gasteiger partial charge is 0.477 e.